The van der Waals surface area contributed by atoms with Crippen LogP contribution in [-0.2, 0) is 4.79 Å². The molecule has 2 amide bonds. The van der Waals surface area contributed by atoms with E-state index in [1.54, 1.807) is 6.92 Å². The molecule has 0 heterocycles. The largest absolute Gasteiger partial charge is 0.506 e. The van der Waals surface area contributed by atoms with E-state index in [9.17, 15) is 14.7 Å². The predicted octanol–water partition coefficient (Wildman–Crippen LogP) is 0.911. The fourth-order valence-corrected chi connectivity index (χ4v) is 1.35. The normalized spacial score (nSPS) is 9.76. The van der Waals surface area contributed by atoms with Gasteiger partial charge in [0.2, 0.25) is 5.91 Å². The maximum absolute atomic E-state index is 11.6. The number of phenolic OH excluding ortho intramolecular Hbond substituents is 1. The number of phenols is 1. The van der Waals surface area contributed by atoms with Crippen molar-refractivity contribution in [3.8, 4) is 5.75 Å². The summed E-state index contributed by atoms with van der Waals surface area (Å²) in [5, 5.41) is 14.3. The minimum Gasteiger partial charge on any atom is -0.506 e. The Morgan fingerprint density at radius 1 is 1.35 bits per heavy atom. The number of benzene rings is 1. The maximum atomic E-state index is 11.6. The SMILES string of the molecule is CCNC(=O)CNC(=O)c1ccc(O)c(Cl)c1. The van der Waals surface area contributed by atoms with Gasteiger partial charge in [-0.25, -0.2) is 0 Å². The lowest BCUT2D eigenvalue weighted by molar-refractivity contribution is -0.120. The molecule has 1 rings (SSSR count). The highest BCUT2D eigenvalue weighted by molar-refractivity contribution is 6.32. The zero-order valence-corrected chi connectivity index (χ0v) is 10.0. The average Bonchev–Trinajstić information content (AvgIpc) is 2.30. The number of rotatable bonds is 4. The number of hydrogen-bond donors (Lipinski definition) is 3. The molecule has 3 N–H and O–H groups in total. The van der Waals surface area contributed by atoms with Gasteiger partial charge in [0.15, 0.2) is 0 Å². The molecule has 0 spiro atoms. The van der Waals surface area contributed by atoms with Gasteiger partial charge in [-0.2, -0.15) is 0 Å². The molecule has 6 heteroatoms. The summed E-state index contributed by atoms with van der Waals surface area (Å²) < 4.78 is 0. The first-order valence-corrected chi connectivity index (χ1v) is 5.45. The molecule has 1 aromatic carbocycles. The third kappa shape index (κ3) is 3.96. The lowest BCUT2D eigenvalue weighted by Crippen LogP contribution is -2.36. The summed E-state index contributed by atoms with van der Waals surface area (Å²) >= 11 is 5.66. The molecule has 0 unspecified atom stereocenters. The molecule has 92 valence electrons. The molecule has 0 atom stereocenters. The lowest BCUT2D eigenvalue weighted by Gasteiger charge is -2.06. The van der Waals surface area contributed by atoms with Gasteiger partial charge in [0.05, 0.1) is 11.6 Å². The van der Waals surface area contributed by atoms with Crippen molar-refractivity contribution in [2.75, 3.05) is 13.1 Å². The summed E-state index contributed by atoms with van der Waals surface area (Å²) in [7, 11) is 0. The van der Waals surface area contributed by atoms with E-state index in [4.69, 9.17) is 11.6 Å². The molecule has 0 saturated carbocycles. The van der Waals surface area contributed by atoms with Crippen molar-refractivity contribution in [2.45, 2.75) is 6.92 Å². The second kappa shape index (κ2) is 6.10. The predicted molar refractivity (Wildman–Crippen MR) is 64.1 cm³/mol. The van der Waals surface area contributed by atoms with Crippen LogP contribution in [-0.4, -0.2) is 30.0 Å². The van der Waals surface area contributed by atoms with E-state index in [-0.39, 0.29) is 28.8 Å². The van der Waals surface area contributed by atoms with Gasteiger partial charge in [-0.1, -0.05) is 11.6 Å². The fourth-order valence-electron chi connectivity index (χ4n) is 1.17. The Bertz CT molecular complexity index is 435. The molecule has 0 saturated heterocycles. The zero-order valence-electron chi connectivity index (χ0n) is 9.29. The van der Waals surface area contributed by atoms with Crippen LogP contribution in [0.15, 0.2) is 18.2 Å². The van der Waals surface area contributed by atoms with E-state index >= 15 is 0 Å². The lowest BCUT2D eigenvalue weighted by atomic mass is 10.2. The number of likely N-dealkylation sites (N-methyl/N-ethyl adjacent to an activating group) is 1. The smallest absolute Gasteiger partial charge is 0.251 e. The molecular formula is C11H13ClN2O3. The Hall–Kier alpha value is -1.75. The first-order valence-electron chi connectivity index (χ1n) is 5.08. The number of nitrogens with one attached hydrogen (secondary N) is 2. The van der Waals surface area contributed by atoms with Crippen LogP contribution < -0.4 is 10.6 Å². The zero-order chi connectivity index (χ0) is 12.8. The number of aromatic hydroxyl groups is 1. The molecule has 0 aliphatic carbocycles. The van der Waals surface area contributed by atoms with E-state index in [2.05, 4.69) is 10.6 Å². The van der Waals surface area contributed by atoms with Crippen LogP contribution in [0.1, 0.15) is 17.3 Å². The van der Waals surface area contributed by atoms with Crippen LogP contribution in [0, 0.1) is 0 Å². The Morgan fingerprint density at radius 2 is 2.06 bits per heavy atom. The Morgan fingerprint density at radius 3 is 2.65 bits per heavy atom. The second-order valence-electron chi connectivity index (χ2n) is 3.30. The van der Waals surface area contributed by atoms with Gasteiger partial charge in [0.1, 0.15) is 5.75 Å². The topological polar surface area (TPSA) is 78.4 Å². The number of halogens is 1. The summed E-state index contributed by atoms with van der Waals surface area (Å²) in [6, 6.07) is 4.08. The van der Waals surface area contributed by atoms with E-state index in [0.29, 0.717) is 6.54 Å². The highest BCUT2D eigenvalue weighted by atomic mass is 35.5. The monoisotopic (exact) mass is 256 g/mol. The molecule has 0 aromatic heterocycles. The minimum atomic E-state index is -0.418. The quantitative estimate of drug-likeness (QED) is 0.749. The van der Waals surface area contributed by atoms with Gasteiger partial charge in [0.25, 0.3) is 5.91 Å². The molecule has 17 heavy (non-hydrogen) atoms. The summed E-state index contributed by atoms with van der Waals surface area (Å²) in [5.74, 6) is -0.768. The molecule has 0 fully saturated rings. The van der Waals surface area contributed by atoms with Crippen molar-refractivity contribution in [1.29, 1.82) is 0 Å². The van der Waals surface area contributed by atoms with E-state index in [0.717, 1.165) is 0 Å². The van der Waals surface area contributed by atoms with Gasteiger partial charge in [-0.15, -0.1) is 0 Å². The molecular weight excluding hydrogens is 244 g/mol. The molecule has 1 aromatic rings. The summed E-state index contributed by atoms with van der Waals surface area (Å²) in [6.45, 7) is 2.21. The van der Waals surface area contributed by atoms with Gasteiger partial charge >= 0.3 is 0 Å². The second-order valence-corrected chi connectivity index (χ2v) is 3.71. The third-order valence-electron chi connectivity index (χ3n) is 1.99. The van der Waals surface area contributed by atoms with E-state index in [1.807, 2.05) is 0 Å². The van der Waals surface area contributed by atoms with Crippen molar-refractivity contribution >= 4 is 23.4 Å². The van der Waals surface area contributed by atoms with Crippen LogP contribution in [0.3, 0.4) is 0 Å². The molecule has 0 radical (unpaired) electrons. The Kier molecular flexibility index (Phi) is 4.78. The van der Waals surface area contributed by atoms with Crippen LogP contribution >= 0.6 is 11.6 Å². The van der Waals surface area contributed by atoms with Crippen molar-refractivity contribution in [1.82, 2.24) is 10.6 Å². The van der Waals surface area contributed by atoms with Crippen LogP contribution in [0.4, 0.5) is 0 Å². The van der Waals surface area contributed by atoms with E-state index < -0.39 is 5.91 Å². The highest BCUT2D eigenvalue weighted by Gasteiger charge is 2.09. The van der Waals surface area contributed by atoms with Crippen molar-refractivity contribution < 1.29 is 14.7 Å². The number of carbonyl (C=O) groups is 2. The van der Waals surface area contributed by atoms with Gasteiger partial charge in [0, 0.05) is 12.1 Å². The molecule has 0 aliphatic heterocycles. The summed E-state index contributed by atoms with van der Waals surface area (Å²) in [6.07, 6.45) is 0. The third-order valence-corrected chi connectivity index (χ3v) is 2.30. The van der Waals surface area contributed by atoms with E-state index in [1.165, 1.54) is 18.2 Å². The van der Waals surface area contributed by atoms with Crippen LogP contribution in [0.5, 0.6) is 5.75 Å². The highest BCUT2D eigenvalue weighted by Crippen LogP contribution is 2.23. The average molecular weight is 257 g/mol. The van der Waals surface area contributed by atoms with Gasteiger partial charge in [-0.3, -0.25) is 9.59 Å². The van der Waals surface area contributed by atoms with Gasteiger partial charge < -0.3 is 15.7 Å². The first-order chi connectivity index (χ1) is 8.04. The minimum absolute atomic E-state index is 0.0908. The summed E-state index contributed by atoms with van der Waals surface area (Å²) in [5.41, 5.74) is 0.289. The number of amides is 2. The van der Waals surface area contributed by atoms with Crippen molar-refractivity contribution in [2.24, 2.45) is 0 Å². The molecule has 0 bridgehead atoms. The standard InChI is InChI=1S/C11H13ClN2O3/c1-2-13-10(16)6-14-11(17)7-3-4-9(15)8(12)5-7/h3-5,15H,2,6H2,1H3,(H,13,16)(H,14,17). The Balaban J connectivity index is 2.58. The number of carbonyl (C=O) groups excluding carboxylic acids is 2. The van der Waals surface area contributed by atoms with Crippen molar-refractivity contribution in [3.05, 3.63) is 28.8 Å². The van der Waals surface area contributed by atoms with Crippen LogP contribution in [0.25, 0.3) is 0 Å². The summed E-state index contributed by atoms with van der Waals surface area (Å²) in [4.78, 5) is 22.7. The first kappa shape index (κ1) is 13.3. The number of hydrogen-bond acceptors (Lipinski definition) is 3. The maximum Gasteiger partial charge on any atom is 0.251 e. The van der Waals surface area contributed by atoms with Gasteiger partial charge in [-0.05, 0) is 25.1 Å². The van der Waals surface area contributed by atoms with Crippen molar-refractivity contribution in [3.63, 3.8) is 0 Å². The molecule has 5 nitrogen and oxygen atoms in total. The van der Waals surface area contributed by atoms with Crippen LogP contribution in [0.2, 0.25) is 5.02 Å². The molecule has 0 aliphatic rings. The Labute approximate surface area is 104 Å². The fraction of sp³-hybridized carbons (Fsp3) is 0.273.